The molecule has 4 rings (SSSR count). The second-order valence-corrected chi connectivity index (χ2v) is 9.78. The lowest BCUT2D eigenvalue weighted by molar-refractivity contribution is -0.115. The van der Waals surface area contributed by atoms with E-state index in [9.17, 15) is 13.2 Å². The average molecular weight is 414 g/mol. The van der Waals surface area contributed by atoms with Crippen LogP contribution >= 0.6 is 0 Å². The largest absolute Gasteiger partial charge is 0.359 e. The van der Waals surface area contributed by atoms with Gasteiger partial charge in [0, 0.05) is 30.5 Å². The number of benzene rings is 2. The van der Waals surface area contributed by atoms with Crippen molar-refractivity contribution in [3.8, 4) is 0 Å². The van der Waals surface area contributed by atoms with Gasteiger partial charge in [-0.3, -0.25) is 4.79 Å². The summed E-state index contributed by atoms with van der Waals surface area (Å²) in [6.45, 7) is 3.55. The first kappa shape index (κ1) is 19.9. The number of para-hydroxylation sites is 1. The Balaban J connectivity index is 1.41. The second kappa shape index (κ2) is 8.16. The topological polar surface area (TPSA) is 69.7 Å². The van der Waals surface area contributed by atoms with E-state index in [4.69, 9.17) is 0 Å². The van der Waals surface area contributed by atoms with E-state index in [0.717, 1.165) is 31.4 Å². The molecule has 0 bridgehead atoms. The number of anilines is 2. The molecule has 29 heavy (non-hydrogen) atoms. The van der Waals surface area contributed by atoms with Crippen molar-refractivity contribution in [1.82, 2.24) is 4.31 Å². The maximum atomic E-state index is 12.7. The molecular weight excluding hydrogens is 386 g/mol. The number of amides is 1. The molecule has 1 N–H and O–H groups in total. The number of nitrogens with zero attached hydrogens (tertiary/aromatic N) is 2. The predicted octanol–water partition coefficient (Wildman–Crippen LogP) is 3.25. The number of rotatable bonds is 5. The SMILES string of the molecule is C[C@H]1Cc2ccccc2N1CC(=O)Nc1ccc(S(=O)(=O)N2CCCCC2)cc1. The van der Waals surface area contributed by atoms with E-state index < -0.39 is 10.0 Å². The lowest BCUT2D eigenvalue weighted by Crippen LogP contribution is -2.37. The Morgan fingerprint density at radius 1 is 1.03 bits per heavy atom. The number of nitrogens with one attached hydrogen (secondary N) is 1. The Morgan fingerprint density at radius 2 is 1.72 bits per heavy atom. The molecule has 0 spiro atoms. The van der Waals surface area contributed by atoms with E-state index in [1.54, 1.807) is 28.6 Å². The van der Waals surface area contributed by atoms with Crippen LogP contribution in [0, 0.1) is 0 Å². The van der Waals surface area contributed by atoms with E-state index in [1.807, 2.05) is 18.2 Å². The lowest BCUT2D eigenvalue weighted by Gasteiger charge is -2.26. The van der Waals surface area contributed by atoms with Crippen LogP contribution < -0.4 is 10.2 Å². The van der Waals surface area contributed by atoms with Gasteiger partial charge in [-0.15, -0.1) is 0 Å². The first-order valence-corrected chi connectivity index (χ1v) is 11.6. The molecule has 2 aliphatic rings. The van der Waals surface area contributed by atoms with E-state index in [1.165, 1.54) is 5.56 Å². The molecule has 0 unspecified atom stereocenters. The Kier molecular flexibility index (Phi) is 5.61. The molecule has 2 aromatic rings. The zero-order valence-corrected chi connectivity index (χ0v) is 17.5. The number of sulfonamides is 1. The zero-order chi connectivity index (χ0) is 20.4. The van der Waals surface area contributed by atoms with Crippen LogP contribution in [0.1, 0.15) is 31.7 Å². The molecule has 0 aromatic heterocycles. The third kappa shape index (κ3) is 4.16. The normalized spacial score (nSPS) is 19.8. The van der Waals surface area contributed by atoms with Crippen molar-refractivity contribution in [1.29, 1.82) is 0 Å². The smallest absolute Gasteiger partial charge is 0.243 e. The van der Waals surface area contributed by atoms with Gasteiger partial charge in [0.25, 0.3) is 0 Å². The summed E-state index contributed by atoms with van der Waals surface area (Å²) in [4.78, 5) is 15.0. The van der Waals surface area contributed by atoms with Gasteiger partial charge in [0.15, 0.2) is 0 Å². The minimum absolute atomic E-state index is 0.111. The molecule has 1 saturated heterocycles. The first-order chi connectivity index (χ1) is 13.9. The third-order valence-electron chi connectivity index (χ3n) is 5.75. The van der Waals surface area contributed by atoms with Crippen molar-refractivity contribution in [2.45, 2.75) is 43.5 Å². The quantitative estimate of drug-likeness (QED) is 0.817. The van der Waals surface area contributed by atoms with Crippen molar-refractivity contribution >= 4 is 27.3 Å². The van der Waals surface area contributed by atoms with Gasteiger partial charge in [0.1, 0.15) is 0 Å². The standard InChI is InChI=1S/C22H27N3O3S/c1-17-15-18-7-3-4-8-21(18)25(17)16-22(26)23-19-9-11-20(12-10-19)29(27,28)24-13-5-2-6-14-24/h3-4,7-12,17H,2,5-6,13-16H2,1H3,(H,23,26)/t17-/m0/s1. The van der Waals surface area contributed by atoms with Crippen molar-refractivity contribution in [3.63, 3.8) is 0 Å². The first-order valence-electron chi connectivity index (χ1n) is 10.2. The molecule has 0 aliphatic carbocycles. The fourth-order valence-corrected chi connectivity index (χ4v) is 5.71. The minimum atomic E-state index is -3.45. The van der Waals surface area contributed by atoms with Gasteiger partial charge in [-0.05, 0) is 62.1 Å². The molecule has 1 fully saturated rings. The van der Waals surface area contributed by atoms with Gasteiger partial charge >= 0.3 is 0 Å². The molecular formula is C22H27N3O3S. The molecule has 1 atom stereocenters. The lowest BCUT2D eigenvalue weighted by atomic mass is 10.1. The fourth-order valence-electron chi connectivity index (χ4n) is 4.19. The summed E-state index contributed by atoms with van der Waals surface area (Å²) in [5.41, 5.74) is 2.98. The Morgan fingerprint density at radius 3 is 2.45 bits per heavy atom. The van der Waals surface area contributed by atoms with Crippen molar-refractivity contribution in [3.05, 3.63) is 54.1 Å². The highest BCUT2D eigenvalue weighted by Gasteiger charge is 2.28. The van der Waals surface area contributed by atoms with Gasteiger partial charge in [-0.25, -0.2) is 8.42 Å². The zero-order valence-electron chi connectivity index (χ0n) is 16.7. The Hall–Kier alpha value is -2.38. The summed E-state index contributed by atoms with van der Waals surface area (Å²) in [5, 5.41) is 2.89. The summed E-state index contributed by atoms with van der Waals surface area (Å²) < 4.78 is 27.0. The van der Waals surface area contributed by atoms with Crippen molar-refractivity contribution < 1.29 is 13.2 Å². The Labute approximate surface area is 172 Å². The predicted molar refractivity (Wildman–Crippen MR) is 115 cm³/mol. The summed E-state index contributed by atoms with van der Waals surface area (Å²) in [7, 11) is -3.45. The second-order valence-electron chi connectivity index (χ2n) is 7.85. The molecule has 0 radical (unpaired) electrons. The molecule has 2 aromatic carbocycles. The monoisotopic (exact) mass is 413 g/mol. The van der Waals surface area contributed by atoms with Gasteiger partial charge in [-0.1, -0.05) is 24.6 Å². The Bertz CT molecular complexity index is 983. The molecule has 2 aliphatic heterocycles. The van der Waals surface area contributed by atoms with Crippen LogP contribution in [0.5, 0.6) is 0 Å². The van der Waals surface area contributed by atoms with E-state index in [2.05, 4.69) is 23.2 Å². The van der Waals surface area contributed by atoms with Crippen molar-refractivity contribution in [2.24, 2.45) is 0 Å². The van der Waals surface area contributed by atoms with E-state index in [-0.39, 0.29) is 23.4 Å². The fraction of sp³-hybridized carbons (Fsp3) is 0.409. The molecule has 7 heteroatoms. The number of piperidine rings is 1. The van der Waals surface area contributed by atoms with Crippen LogP contribution in [0.4, 0.5) is 11.4 Å². The minimum Gasteiger partial charge on any atom is -0.359 e. The van der Waals surface area contributed by atoms with Gasteiger partial charge in [-0.2, -0.15) is 4.31 Å². The number of hydrogen-bond acceptors (Lipinski definition) is 4. The summed E-state index contributed by atoms with van der Waals surface area (Å²) in [6, 6.07) is 14.9. The van der Waals surface area contributed by atoms with Gasteiger partial charge in [0.05, 0.1) is 11.4 Å². The highest BCUT2D eigenvalue weighted by Crippen LogP contribution is 2.31. The molecule has 2 heterocycles. The summed E-state index contributed by atoms with van der Waals surface area (Å²) in [6.07, 6.45) is 3.83. The van der Waals surface area contributed by atoms with Gasteiger partial charge < -0.3 is 10.2 Å². The van der Waals surface area contributed by atoms with Crippen LogP contribution in [-0.2, 0) is 21.2 Å². The average Bonchev–Trinajstić information content (AvgIpc) is 3.04. The van der Waals surface area contributed by atoms with Crippen LogP contribution in [0.15, 0.2) is 53.4 Å². The molecule has 0 saturated carbocycles. The summed E-state index contributed by atoms with van der Waals surface area (Å²) >= 11 is 0. The highest BCUT2D eigenvalue weighted by atomic mass is 32.2. The molecule has 154 valence electrons. The van der Waals surface area contributed by atoms with Gasteiger partial charge in [0.2, 0.25) is 15.9 Å². The molecule has 6 nitrogen and oxygen atoms in total. The van der Waals surface area contributed by atoms with Crippen LogP contribution in [-0.4, -0.2) is 44.3 Å². The number of fused-ring (bicyclic) bond motifs is 1. The number of carbonyl (C=O) groups is 1. The molecule has 1 amide bonds. The van der Waals surface area contributed by atoms with E-state index >= 15 is 0 Å². The number of hydrogen-bond donors (Lipinski definition) is 1. The van der Waals surface area contributed by atoms with Crippen LogP contribution in [0.3, 0.4) is 0 Å². The van der Waals surface area contributed by atoms with Crippen LogP contribution in [0.2, 0.25) is 0 Å². The maximum absolute atomic E-state index is 12.7. The van der Waals surface area contributed by atoms with Crippen LogP contribution in [0.25, 0.3) is 0 Å². The van der Waals surface area contributed by atoms with Crippen molar-refractivity contribution in [2.75, 3.05) is 29.9 Å². The number of carbonyl (C=O) groups excluding carboxylic acids is 1. The van der Waals surface area contributed by atoms with E-state index in [0.29, 0.717) is 18.8 Å². The summed E-state index contributed by atoms with van der Waals surface area (Å²) in [5.74, 6) is -0.111. The maximum Gasteiger partial charge on any atom is 0.243 e. The third-order valence-corrected chi connectivity index (χ3v) is 7.67. The highest BCUT2D eigenvalue weighted by molar-refractivity contribution is 7.89.